The van der Waals surface area contributed by atoms with Gasteiger partial charge in [0.15, 0.2) is 0 Å². The topological polar surface area (TPSA) is 74.9 Å². The zero-order valence-electron chi connectivity index (χ0n) is 29.3. The van der Waals surface area contributed by atoms with Gasteiger partial charge in [-0.2, -0.15) is 4.39 Å². The van der Waals surface area contributed by atoms with E-state index < -0.39 is 11.4 Å². The Bertz CT molecular complexity index is 1370. The van der Waals surface area contributed by atoms with Crippen molar-refractivity contribution < 1.29 is 13.9 Å². The molecule has 2 fully saturated rings. The molecule has 0 spiro atoms. The minimum atomic E-state index is -0.818. The molecule has 8 heteroatoms. The van der Waals surface area contributed by atoms with Gasteiger partial charge in [-0.05, 0) is 102 Å². The Kier molecular flexibility index (Phi) is 13.0. The number of nitrogens with zero attached hydrogens (tertiary/aromatic N) is 4. The summed E-state index contributed by atoms with van der Waals surface area (Å²) in [6.45, 7) is 11.2. The lowest BCUT2D eigenvalue weighted by Crippen LogP contribution is -2.49. The van der Waals surface area contributed by atoms with E-state index in [1.165, 1.54) is 38.3 Å². The Labute approximate surface area is 287 Å². The summed E-state index contributed by atoms with van der Waals surface area (Å²) in [5.74, 6) is 0.0389. The Morgan fingerprint density at radius 2 is 1.52 bits per heavy atom. The molecule has 48 heavy (non-hydrogen) atoms. The number of rotatable bonds is 17. The van der Waals surface area contributed by atoms with Crippen LogP contribution in [0.1, 0.15) is 81.9 Å². The maximum Gasteiger partial charge on any atom is 0.232 e. The Hall–Kier alpha value is -3.33. The van der Waals surface area contributed by atoms with Crippen molar-refractivity contribution in [2.75, 3.05) is 46.4 Å². The number of primary amides is 1. The average Bonchev–Trinajstić information content (AvgIpc) is 3.57. The van der Waals surface area contributed by atoms with Gasteiger partial charge in [-0.25, -0.2) is 4.98 Å². The summed E-state index contributed by atoms with van der Waals surface area (Å²) >= 11 is 0. The van der Waals surface area contributed by atoms with Gasteiger partial charge in [0.25, 0.3) is 0 Å². The third-order valence-electron chi connectivity index (χ3n) is 10.9. The number of benzene rings is 2. The lowest BCUT2D eigenvalue weighted by Gasteiger charge is -2.40. The van der Waals surface area contributed by atoms with Gasteiger partial charge < -0.3 is 15.4 Å². The van der Waals surface area contributed by atoms with Gasteiger partial charge in [-0.3, -0.25) is 14.6 Å². The van der Waals surface area contributed by atoms with E-state index in [4.69, 9.17) is 10.5 Å². The van der Waals surface area contributed by atoms with Crippen molar-refractivity contribution in [3.05, 3.63) is 95.6 Å². The normalized spacial score (nSPS) is 18.2. The van der Waals surface area contributed by atoms with Crippen LogP contribution in [-0.4, -0.2) is 84.1 Å². The number of halogens is 1. The van der Waals surface area contributed by atoms with Gasteiger partial charge in [-0.15, -0.1) is 0 Å². The van der Waals surface area contributed by atoms with Crippen molar-refractivity contribution in [2.24, 2.45) is 11.7 Å². The quantitative estimate of drug-likeness (QED) is 0.130. The number of ether oxygens (including phenoxy) is 1. The number of hydrogen-bond donors (Lipinski definition) is 1. The lowest BCUT2D eigenvalue weighted by molar-refractivity contribution is -0.123. The molecule has 1 atom stereocenters. The van der Waals surface area contributed by atoms with E-state index in [1.54, 1.807) is 13.2 Å². The summed E-state index contributed by atoms with van der Waals surface area (Å²) in [6.07, 6.45) is 10.8. The largest absolute Gasteiger partial charge is 0.496 e. The number of piperidine rings is 1. The monoisotopic (exact) mass is 657 g/mol. The molecule has 0 saturated carbocycles. The van der Waals surface area contributed by atoms with Crippen LogP contribution in [-0.2, 0) is 16.8 Å². The van der Waals surface area contributed by atoms with E-state index in [0.29, 0.717) is 29.9 Å². The van der Waals surface area contributed by atoms with Crippen LogP contribution >= 0.6 is 0 Å². The van der Waals surface area contributed by atoms with Crippen molar-refractivity contribution in [1.82, 2.24) is 19.7 Å². The number of pyridine rings is 1. The highest BCUT2D eigenvalue weighted by molar-refractivity contribution is 5.91. The first-order chi connectivity index (χ1) is 23.3. The highest BCUT2D eigenvalue weighted by Gasteiger charge is 2.49. The molecule has 2 N–H and O–H groups in total. The van der Waals surface area contributed by atoms with Crippen molar-refractivity contribution >= 4 is 5.91 Å². The van der Waals surface area contributed by atoms with Crippen LogP contribution in [0, 0.1) is 11.9 Å². The number of hydrogen-bond acceptors (Lipinski definition) is 6. The molecular weight excluding hydrogens is 601 g/mol. The second kappa shape index (κ2) is 17.4. The fourth-order valence-corrected chi connectivity index (χ4v) is 8.36. The van der Waals surface area contributed by atoms with E-state index in [2.05, 4.69) is 57.8 Å². The van der Waals surface area contributed by atoms with Crippen molar-refractivity contribution in [2.45, 2.75) is 89.3 Å². The Morgan fingerprint density at radius 3 is 2.12 bits per heavy atom. The van der Waals surface area contributed by atoms with E-state index in [1.807, 2.05) is 36.4 Å². The standard InChI is InChI=1S/C40H56FN5O2/c1-31(2)46(35-21-27-45(28-22-35)30-36-37(48-3)19-23-43-38(36)41)25-14-6-4-5-13-24-44-26-20-34(29-44)40(39(42)47,32-15-9-7-10-16-32)33-17-11-8-12-18-33/h7-12,15-19,23,31,34-35H,4-6,13-14,20-22,24-30H2,1-3H3,(H2,42,47)/t34-/m1/s1. The molecule has 1 amide bonds. The fraction of sp³-hybridized carbons (Fsp3) is 0.550. The molecular formula is C40H56FN5O2. The fourth-order valence-electron chi connectivity index (χ4n) is 8.36. The second-order valence-corrected chi connectivity index (χ2v) is 14.1. The predicted octanol–water partition coefficient (Wildman–Crippen LogP) is 6.65. The van der Waals surface area contributed by atoms with Gasteiger partial charge in [0.1, 0.15) is 11.2 Å². The van der Waals surface area contributed by atoms with Crippen LogP contribution < -0.4 is 10.5 Å². The van der Waals surface area contributed by atoms with Crippen LogP contribution in [0.3, 0.4) is 0 Å². The number of nitrogens with two attached hydrogens (primary N) is 1. The first-order valence-electron chi connectivity index (χ1n) is 18.1. The zero-order chi connectivity index (χ0) is 33.9. The molecule has 3 aromatic rings. The summed E-state index contributed by atoms with van der Waals surface area (Å²) in [5, 5.41) is 0. The average molecular weight is 658 g/mol. The summed E-state index contributed by atoms with van der Waals surface area (Å²) in [4.78, 5) is 24.8. The minimum Gasteiger partial charge on any atom is -0.496 e. The highest BCUT2D eigenvalue weighted by atomic mass is 19.1. The van der Waals surface area contributed by atoms with Gasteiger partial charge in [0.2, 0.25) is 11.9 Å². The minimum absolute atomic E-state index is 0.146. The van der Waals surface area contributed by atoms with Gasteiger partial charge in [-0.1, -0.05) is 79.9 Å². The first-order valence-corrected chi connectivity index (χ1v) is 18.1. The summed E-state index contributed by atoms with van der Waals surface area (Å²) in [6, 6.07) is 23.1. The number of unbranched alkanes of at least 4 members (excludes halogenated alkanes) is 4. The van der Waals surface area contributed by atoms with Crippen LogP contribution in [0.25, 0.3) is 0 Å². The molecule has 7 nitrogen and oxygen atoms in total. The van der Waals surface area contributed by atoms with Crippen molar-refractivity contribution in [3.8, 4) is 5.75 Å². The smallest absolute Gasteiger partial charge is 0.232 e. The maximum absolute atomic E-state index is 14.4. The van der Waals surface area contributed by atoms with Crippen molar-refractivity contribution in [1.29, 1.82) is 0 Å². The lowest BCUT2D eigenvalue weighted by atomic mass is 9.64. The first kappa shape index (κ1) is 36.0. The molecule has 0 aliphatic carbocycles. The summed E-state index contributed by atoms with van der Waals surface area (Å²) < 4.78 is 19.8. The van der Waals surface area contributed by atoms with Gasteiger partial charge >= 0.3 is 0 Å². The van der Waals surface area contributed by atoms with Gasteiger partial charge in [0, 0.05) is 31.4 Å². The Morgan fingerprint density at radius 1 is 0.917 bits per heavy atom. The third-order valence-corrected chi connectivity index (χ3v) is 10.9. The summed E-state index contributed by atoms with van der Waals surface area (Å²) in [7, 11) is 1.59. The van der Waals surface area contributed by atoms with Crippen LogP contribution in [0.4, 0.5) is 4.39 Å². The number of methoxy groups -OCH3 is 1. The third kappa shape index (κ3) is 8.44. The van der Waals surface area contributed by atoms with Crippen LogP contribution in [0.15, 0.2) is 72.9 Å². The molecule has 3 heterocycles. The van der Waals surface area contributed by atoms with Crippen LogP contribution in [0.2, 0.25) is 0 Å². The van der Waals surface area contributed by atoms with Crippen molar-refractivity contribution in [3.63, 3.8) is 0 Å². The second-order valence-electron chi connectivity index (χ2n) is 14.1. The molecule has 2 aliphatic heterocycles. The molecule has 1 aromatic heterocycles. The SMILES string of the molecule is COc1ccnc(F)c1CN1CCC(N(CCCCCCCN2CC[C@@H](C(C(N)=O)(c3ccccc3)c3ccccc3)C2)C(C)C)CC1. The molecule has 2 aliphatic rings. The number of carbonyl (C=O) groups excluding carboxylic acids is 1. The number of amides is 1. The zero-order valence-corrected chi connectivity index (χ0v) is 29.3. The van der Waals surface area contributed by atoms with Gasteiger partial charge in [0.05, 0.1) is 12.7 Å². The highest BCUT2D eigenvalue weighted by Crippen LogP contribution is 2.43. The van der Waals surface area contributed by atoms with Crippen LogP contribution in [0.5, 0.6) is 5.75 Å². The molecule has 2 aromatic carbocycles. The maximum atomic E-state index is 14.4. The molecule has 2 saturated heterocycles. The molecule has 0 bridgehead atoms. The summed E-state index contributed by atoms with van der Waals surface area (Å²) in [5.41, 5.74) is 8.02. The molecule has 0 unspecified atom stereocenters. The van der Waals surface area contributed by atoms with E-state index in [-0.39, 0.29) is 11.8 Å². The molecule has 0 radical (unpaired) electrons. The number of likely N-dealkylation sites (tertiary alicyclic amines) is 2. The van der Waals surface area contributed by atoms with E-state index in [9.17, 15) is 9.18 Å². The molecule has 260 valence electrons. The molecule has 5 rings (SSSR count). The van der Waals surface area contributed by atoms with E-state index >= 15 is 0 Å². The number of aromatic nitrogens is 1. The predicted molar refractivity (Wildman–Crippen MR) is 191 cm³/mol. The number of carbonyl (C=O) groups is 1. The Balaban J connectivity index is 1.04. The van der Waals surface area contributed by atoms with E-state index in [0.717, 1.165) is 69.7 Å².